The van der Waals surface area contributed by atoms with Crippen LogP contribution in [0.25, 0.3) is 0 Å². The molecule has 0 saturated carbocycles. The number of methoxy groups -OCH3 is 1. The first-order valence-electron chi connectivity index (χ1n) is 10.8. The fourth-order valence-corrected chi connectivity index (χ4v) is 3.83. The van der Waals surface area contributed by atoms with E-state index in [-0.39, 0.29) is 18.0 Å². The number of likely N-dealkylation sites (tertiary alicyclic amines) is 1. The lowest BCUT2D eigenvalue weighted by Gasteiger charge is -2.34. The van der Waals surface area contributed by atoms with Crippen molar-refractivity contribution in [2.45, 2.75) is 58.4 Å². The minimum Gasteiger partial charge on any atom is -0.444 e. The average molecular weight is 428 g/mol. The van der Waals surface area contributed by atoms with Crippen molar-refractivity contribution in [2.24, 2.45) is 0 Å². The smallest absolute Gasteiger partial charge is 0.410 e. The third-order valence-corrected chi connectivity index (χ3v) is 5.28. The third kappa shape index (κ3) is 6.34. The molecule has 0 spiro atoms. The molecule has 1 fully saturated rings. The fourth-order valence-electron chi connectivity index (χ4n) is 3.83. The Morgan fingerprint density at radius 2 is 1.81 bits per heavy atom. The van der Waals surface area contributed by atoms with Gasteiger partial charge in [-0.1, -0.05) is 24.3 Å². The number of nitrogens with one attached hydrogen (secondary N) is 1. The number of nitrogens with zero attached hydrogens (tertiary/aromatic N) is 2. The van der Waals surface area contributed by atoms with E-state index in [9.17, 15) is 9.59 Å². The summed E-state index contributed by atoms with van der Waals surface area (Å²) in [5, 5.41) is 3.02. The van der Waals surface area contributed by atoms with E-state index in [1.165, 1.54) is 0 Å². The fraction of sp³-hybridized carbons (Fsp3) is 0.500. The molecule has 3 rings (SSSR count). The van der Waals surface area contributed by atoms with Gasteiger partial charge in [0.25, 0.3) is 5.91 Å². The van der Waals surface area contributed by atoms with E-state index in [1.807, 2.05) is 67.9 Å². The molecule has 0 aliphatic carbocycles. The summed E-state index contributed by atoms with van der Waals surface area (Å²) in [4.78, 5) is 26.9. The highest BCUT2D eigenvalue weighted by atomic mass is 16.6. The van der Waals surface area contributed by atoms with Crippen LogP contribution in [0.3, 0.4) is 0 Å². The van der Waals surface area contributed by atoms with Gasteiger partial charge in [-0.05, 0) is 56.9 Å². The van der Waals surface area contributed by atoms with E-state index in [2.05, 4.69) is 5.32 Å². The van der Waals surface area contributed by atoms with Crippen molar-refractivity contribution in [3.05, 3.63) is 59.4 Å². The highest BCUT2D eigenvalue weighted by Gasteiger charge is 2.28. The van der Waals surface area contributed by atoms with Crippen LogP contribution in [0.15, 0.2) is 42.6 Å². The Morgan fingerprint density at radius 3 is 2.48 bits per heavy atom. The van der Waals surface area contributed by atoms with Crippen molar-refractivity contribution in [1.29, 1.82) is 0 Å². The molecule has 31 heavy (non-hydrogen) atoms. The molecular weight excluding hydrogens is 394 g/mol. The Kier molecular flexibility index (Phi) is 7.38. The van der Waals surface area contributed by atoms with Crippen LogP contribution in [-0.4, -0.2) is 47.3 Å². The quantitative estimate of drug-likeness (QED) is 0.752. The number of amides is 2. The van der Waals surface area contributed by atoms with Crippen LogP contribution in [0.5, 0.6) is 0 Å². The van der Waals surface area contributed by atoms with Crippen molar-refractivity contribution < 1.29 is 19.1 Å². The number of ether oxygens (including phenoxy) is 2. The molecule has 2 heterocycles. The third-order valence-electron chi connectivity index (χ3n) is 5.28. The standard InChI is InChI=1S/C24H33N3O4/c1-24(2,3)31-23(29)26-13-10-20(11-14-26)27-12-6-9-21(27)22(28)25-16-18-7-5-8-19(15-18)17-30-4/h5-9,12,15,20H,10-11,13-14,16-17H2,1-4H3,(H,25,28). The Hall–Kier alpha value is -2.80. The van der Waals surface area contributed by atoms with E-state index in [4.69, 9.17) is 9.47 Å². The van der Waals surface area contributed by atoms with Gasteiger partial charge in [0.15, 0.2) is 0 Å². The van der Waals surface area contributed by atoms with Crippen LogP contribution >= 0.6 is 0 Å². The maximum atomic E-state index is 12.8. The summed E-state index contributed by atoms with van der Waals surface area (Å²) in [6.07, 6.45) is 3.25. The zero-order valence-electron chi connectivity index (χ0n) is 18.9. The maximum Gasteiger partial charge on any atom is 0.410 e. The first-order chi connectivity index (χ1) is 14.8. The van der Waals surface area contributed by atoms with E-state index in [1.54, 1.807) is 12.0 Å². The predicted octanol–water partition coefficient (Wildman–Crippen LogP) is 4.14. The van der Waals surface area contributed by atoms with Crippen molar-refractivity contribution >= 4 is 12.0 Å². The lowest BCUT2D eigenvalue weighted by molar-refractivity contribution is 0.0187. The summed E-state index contributed by atoms with van der Waals surface area (Å²) >= 11 is 0. The lowest BCUT2D eigenvalue weighted by Crippen LogP contribution is -2.42. The van der Waals surface area contributed by atoms with Crippen molar-refractivity contribution in [1.82, 2.24) is 14.8 Å². The highest BCUT2D eigenvalue weighted by Crippen LogP contribution is 2.25. The number of hydrogen-bond acceptors (Lipinski definition) is 4. The summed E-state index contributed by atoms with van der Waals surface area (Å²) in [5.41, 5.74) is 2.26. The Balaban J connectivity index is 1.57. The number of piperidine rings is 1. The molecule has 2 amide bonds. The summed E-state index contributed by atoms with van der Waals surface area (Å²) in [6, 6.07) is 11.9. The second-order valence-corrected chi connectivity index (χ2v) is 8.93. The van der Waals surface area contributed by atoms with E-state index >= 15 is 0 Å². The van der Waals surface area contributed by atoms with Crippen LogP contribution in [0.1, 0.15) is 61.3 Å². The van der Waals surface area contributed by atoms with Crippen molar-refractivity contribution in [3.63, 3.8) is 0 Å². The van der Waals surface area contributed by atoms with Gasteiger partial charge in [0, 0.05) is 39.0 Å². The number of benzene rings is 1. The first-order valence-corrected chi connectivity index (χ1v) is 10.8. The Bertz CT molecular complexity index is 892. The Labute approximate surface area is 184 Å². The SMILES string of the molecule is COCc1cccc(CNC(=O)c2cccn2C2CCN(C(=O)OC(C)(C)C)CC2)c1. The number of rotatable bonds is 6. The first kappa shape index (κ1) is 22.9. The van der Waals surface area contributed by atoms with Gasteiger partial charge in [0.2, 0.25) is 0 Å². The maximum absolute atomic E-state index is 12.8. The largest absolute Gasteiger partial charge is 0.444 e. The molecule has 1 aromatic heterocycles. The molecule has 7 heteroatoms. The van der Waals surface area contributed by atoms with E-state index in [0.29, 0.717) is 31.9 Å². The van der Waals surface area contributed by atoms with Gasteiger partial charge >= 0.3 is 6.09 Å². The Morgan fingerprint density at radius 1 is 1.10 bits per heavy atom. The van der Waals surface area contributed by atoms with Gasteiger partial charge in [-0.15, -0.1) is 0 Å². The average Bonchev–Trinajstić information content (AvgIpc) is 3.21. The monoisotopic (exact) mass is 427 g/mol. The molecule has 1 N–H and O–H groups in total. The second-order valence-electron chi connectivity index (χ2n) is 8.93. The number of carbonyl (C=O) groups is 2. The van der Waals surface area contributed by atoms with Gasteiger partial charge in [-0.25, -0.2) is 4.79 Å². The molecule has 0 radical (unpaired) electrons. The van der Waals surface area contributed by atoms with Gasteiger partial charge in [-0.3, -0.25) is 4.79 Å². The highest BCUT2D eigenvalue weighted by molar-refractivity contribution is 5.92. The molecule has 1 saturated heterocycles. The molecule has 168 valence electrons. The summed E-state index contributed by atoms with van der Waals surface area (Å²) in [7, 11) is 1.67. The van der Waals surface area contributed by atoms with Gasteiger partial charge in [0.05, 0.1) is 6.61 Å². The summed E-state index contributed by atoms with van der Waals surface area (Å²) in [6.45, 7) is 7.85. The molecule has 1 aliphatic rings. The van der Waals surface area contributed by atoms with E-state index in [0.717, 1.165) is 24.0 Å². The summed E-state index contributed by atoms with van der Waals surface area (Å²) < 4.78 is 12.7. The van der Waals surface area contributed by atoms with Gasteiger partial charge in [0.1, 0.15) is 11.3 Å². The minimum absolute atomic E-state index is 0.100. The molecule has 1 aromatic carbocycles. The number of carbonyl (C=O) groups excluding carboxylic acids is 2. The zero-order chi connectivity index (χ0) is 22.4. The van der Waals surface area contributed by atoms with Crippen LogP contribution in [0.2, 0.25) is 0 Å². The second kappa shape index (κ2) is 10.0. The van der Waals surface area contributed by atoms with Crippen molar-refractivity contribution in [2.75, 3.05) is 20.2 Å². The minimum atomic E-state index is -0.497. The van der Waals surface area contributed by atoms with E-state index < -0.39 is 5.60 Å². The van der Waals surface area contributed by atoms with Crippen LogP contribution in [0, 0.1) is 0 Å². The number of hydrogen-bond donors (Lipinski definition) is 1. The molecule has 1 aliphatic heterocycles. The molecule has 0 atom stereocenters. The predicted molar refractivity (Wildman–Crippen MR) is 119 cm³/mol. The van der Waals surface area contributed by atoms with Gasteiger partial charge < -0.3 is 24.3 Å². The van der Waals surface area contributed by atoms with Gasteiger partial charge in [-0.2, -0.15) is 0 Å². The van der Waals surface area contributed by atoms with Crippen LogP contribution in [0.4, 0.5) is 4.79 Å². The van der Waals surface area contributed by atoms with Crippen LogP contribution < -0.4 is 5.32 Å². The molecule has 0 bridgehead atoms. The topological polar surface area (TPSA) is 72.8 Å². The zero-order valence-corrected chi connectivity index (χ0v) is 18.9. The molecule has 2 aromatic rings. The van der Waals surface area contributed by atoms with Crippen molar-refractivity contribution in [3.8, 4) is 0 Å². The summed E-state index contributed by atoms with van der Waals surface area (Å²) in [5.74, 6) is -0.100. The molecular formula is C24H33N3O4. The lowest BCUT2D eigenvalue weighted by atomic mass is 10.0. The number of aromatic nitrogens is 1. The van der Waals surface area contributed by atoms with Crippen LogP contribution in [-0.2, 0) is 22.6 Å². The molecule has 0 unspecified atom stereocenters. The molecule has 7 nitrogen and oxygen atoms in total. The normalized spacial score (nSPS) is 15.0.